The van der Waals surface area contributed by atoms with Crippen molar-refractivity contribution in [3.8, 4) is 11.5 Å². The molecule has 144 valence electrons. The molecule has 4 atom stereocenters. The van der Waals surface area contributed by atoms with Gasteiger partial charge in [-0.05, 0) is 78.3 Å². The molecule has 1 aliphatic heterocycles. The fourth-order valence-corrected chi connectivity index (χ4v) is 5.69. The van der Waals surface area contributed by atoms with Crippen LogP contribution < -0.4 is 9.64 Å². The van der Waals surface area contributed by atoms with Crippen molar-refractivity contribution in [3.05, 3.63) is 66.7 Å². The van der Waals surface area contributed by atoms with Crippen LogP contribution in [-0.2, 0) is 9.59 Å². The SMILES string of the molecule is O=C1[C@@H]2[C@@H]3CC[C@H](C3)[C@@H]2C(=O)N1c1ccc(Oc2ccc3ccccc3c2)cc1. The molecule has 4 heteroatoms. The van der Waals surface area contributed by atoms with E-state index in [1.807, 2.05) is 54.6 Å². The number of fused-ring (bicyclic) bond motifs is 6. The third kappa shape index (κ3) is 2.52. The van der Waals surface area contributed by atoms with Gasteiger partial charge in [0.2, 0.25) is 11.8 Å². The molecule has 3 fully saturated rings. The number of hydrogen-bond donors (Lipinski definition) is 0. The van der Waals surface area contributed by atoms with Crippen LogP contribution in [0.15, 0.2) is 66.7 Å². The molecule has 2 saturated carbocycles. The third-order valence-corrected chi connectivity index (χ3v) is 6.98. The highest BCUT2D eigenvalue weighted by Crippen LogP contribution is 2.56. The van der Waals surface area contributed by atoms with Crippen LogP contribution in [0.1, 0.15) is 19.3 Å². The summed E-state index contributed by atoms with van der Waals surface area (Å²) in [6, 6.07) is 21.4. The summed E-state index contributed by atoms with van der Waals surface area (Å²) in [5.74, 6) is 2.07. The molecule has 0 spiro atoms. The van der Waals surface area contributed by atoms with Gasteiger partial charge in [-0.2, -0.15) is 0 Å². The lowest BCUT2D eigenvalue weighted by molar-refractivity contribution is -0.123. The minimum absolute atomic E-state index is 0.00426. The number of carbonyl (C=O) groups excluding carboxylic acids is 2. The monoisotopic (exact) mass is 383 g/mol. The van der Waals surface area contributed by atoms with Crippen molar-refractivity contribution in [3.63, 3.8) is 0 Å². The fourth-order valence-electron chi connectivity index (χ4n) is 5.69. The fraction of sp³-hybridized carbons (Fsp3) is 0.280. The third-order valence-electron chi connectivity index (χ3n) is 6.98. The molecule has 1 heterocycles. The molecule has 6 rings (SSSR count). The van der Waals surface area contributed by atoms with Gasteiger partial charge in [0.1, 0.15) is 11.5 Å². The van der Waals surface area contributed by atoms with Gasteiger partial charge < -0.3 is 4.74 Å². The van der Waals surface area contributed by atoms with E-state index in [2.05, 4.69) is 12.1 Å². The first kappa shape index (κ1) is 16.8. The Hall–Kier alpha value is -3.14. The molecule has 3 aromatic rings. The first-order chi connectivity index (χ1) is 14.2. The Morgan fingerprint density at radius 1 is 0.724 bits per heavy atom. The van der Waals surface area contributed by atoms with Gasteiger partial charge in [-0.15, -0.1) is 0 Å². The predicted octanol–water partition coefficient (Wildman–Crippen LogP) is 5.17. The van der Waals surface area contributed by atoms with Gasteiger partial charge >= 0.3 is 0 Å². The lowest BCUT2D eigenvalue weighted by atomic mass is 9.81. The summed E-state index contributed by atoms with van der Waals surface area (Å²) in [6.07, 6.45) is 3.24. The van der Waals surface area contributed by atoms with E-state index in [0.29, 0.717) is 23.3 Å². The van der Waals surface area contributed by atoms with E-state index >= 15 is 0 Å². The summed E-state index contributed by atoms with van der Waals surface area (Å²) in [7, 11) is 0. The molecule has 3 aliphatic rings. The number of ether oxygens (including phenoxy) is 1. The normalized spacial score (nSPS) is 27.7. The average molecular weight is 383 g/mol. The Morgan fingerprint density at radius 3 is 2.03 bits per heavy atom. The van der Waals surface area contributed by atoms with Crippen LogP contribution in [0, 0.1) is 23.7 Å². The standard InChI is InChI=1S/C25H21NO3/c27-24-22-17-5-6-18(13-17)23(22)25(28)26(24)19-8-11-20(12-9-19)29-21-10-7-15-3-1-2-4-16(15)14-21/h1-4,7-12,14,17-18,22-23H,5-6,13H2/t17-,18-,22-,23+/m1/s1. The average Bonchev–Trinajstić information content (AvgIpc) is 3.43. The topological polar surface area (TPSA) is 46.6 Å². The molecule has 2 amide bonds. The van der Waals surface area contributed by atoms with Crippen LogP contribution in [0.3, 0.4) is 0 Å². The van der Waals surface area contributed by atoms with E-state index in [1.54, 1.807) is 0 Å². The Kier molecular flexibility index (Phi) is 3.58. The number of nitrogens with zero attached hydrogens (tertiary/aromatic N) is 1. The van der Waals surface area contributed by atoms with Crippen LogP contribution >= 0.6 is 0 Å². The number of rotatable bonds is 3. The van der Waals surface area contributed by atoms with Gasteiger partial charge in [-0.25, -0.2) is 0 Å². The van der Waals surface area contributed by atoms with Crippen molar-refractivity contribution in [1.29, 1.82) is 0 Å². The maximum Gasteiger partial charge on any atom is 0.237 e. The highest BCUT2D eigenvalue weighted by Gasteiger charge is 2.61. The molecule has 0 N–H and O–H groups in total. The van der Waals surface area contributed by atoms with Crippen LogP contribution in [0.5, 0.6) is 11.5 Å². The molecular formula is C25H21NO3. The number of hydrogen-bond acceptors (Lipinski definition) is 3. The number of amides is 2. The second-order valence-corrected chi connectivity index (χ2v) is 8.50. The van der Waals surface area contributed by atoms with E-state index in [9.17, 15) is 9.59 Å². The summed E-state index contributed by atoms with van der Waals surface area (Å²) >= 11 is 0. The lowest BCUT2D eigenvalue weighted by Gasteiger charge is -2.19. The summed E-state index contributed by atoms with van der Waals surface area (Å²) < 4.78 is 5.99. The summed E-state index contributed by atoms with van der Waals surface area (Å²) in [4.78, 5) is 27.3. The number of imide groups is 1. The van der Waals surface area contributed by atoms with Crippen molar-refractivity contribution in [2.24, 2.45) is 23.7 Å². The molecule has 29 heavy (non-hydrogen) atoms. The lowest BCUT2D eigenvalue weighted by Crippen LogP contribution is -2.32. The van der Waals surface area contributed by atoms with E-state index in [4.69, 9.17) is 4.74 Å². The highest BCUT2D eigenvalue weighted by atomic mass is 16.5. The molecule has 0 unspecified atom stereocenters. The van der Waals surface area contributed by atoms with Crippen molar-refractivity contribution < 1.29 is 14.3 Å². The van der Waals surface area contributed by atoms with Crippen molar-refractivity contribution in [2.45, 2.75) is 19.3 Å². The minimum Gasteiger partial charge on any atom is -0.457 e. The van der Waals surface area contributed by atoms with Crippen LogP contribution in [0.25, 0.3) is 10.8 Å². The summed E-state index contributed by atoms with van der Waals surface area (Å²) in [6.45, 7) is 0. The first-order valence-corrected chi connectivity index (χ1v) is 10.3. The van der Waals surface area contributed by atoms with Crippen molar-refractivity contribution >= 4 is 28.3 Å². The number of anilines is 1. The maximum atomic E-state index is 13.0. The zero-order valence-corrected chi connectivity index (χ0v) is 16.0. The molecule has 4 nitrogen and oxygen atoms in total. The maximum absolute atomic E-state index is 13.0. The largest absolute Gasteiger partial charge is 0.457 e. The van der Waals surface area contributed by atoms with Crippen LogP contribution in [0.4, 0.5) is 5.69 Å². The quantitative estimate of drug-likeness (QED) is 0.587. The van der Waals surface area contributed by atoms with E-state index in [1.165, 1.54) is 10.3 Å². The second-order valence-electron chi connectivity index (χ2n) is 8.50. The summed E-state index contributed by atoms with van der Waals surface area (Å²) in [5, 5.41) is 2.29. The van der Waals surface area contributed by atoms with Gasteiger partial charge in [-0.1, -0.05) is 30.3 Å². The van der Waals surface area contributed by atoms with Crippen LogP contribution in [-0.4, -0.2) is 11.8 Å². The summed E-state index contributed by atoms with van der Waals surface area (Å²) in [5.41, 5.74) is 0.652. The van der Waals surface area contributed by atoms with Gasteiger partial charge in [0, 0.05) is 0 Å². The Labute approximate surface area is 169 Å². The Balaban J connectivity index is 1.24. The highest BCUT2D eigenvalue weighted by molar-refractivity contribution is 6.22. The number of carbonyl (C=O) groups is 2. The molecule has 2 aliphatic carbocycles. The van der Waals surface area contributed by atoms with Crippen molar-refractivity contribution in [2.75, 3.05) is 4.90 Å². The van der Waals surface area contributed by atoms with E-state index in [0.717, 1.165) is 30.4 Å². The smallest absolute Gasteiger partial charge is 0.237 e. The molecule has 0 aromatic heterocycles. The molecule has 0 radical (unpaired) electrons. The Bertz CT molecular complexity index is 1110. The van der Waals surface area contributed by atoms with E-state index < -0.39 is 0 Å². The van der Waals surface area contributed by atoms with Gasteiger partial charge in [0.05, 0.1) is 17.5 Å². The van der Waals surface area contributed by atoms with Gasteiger partial charge in [-0.3, -0.25) is 14.5 Å². The zero-order chi connectivity index (χ0) is 19.5. The van der Waals surface area contributed by atoms with E-state index in [-0.39, 0.29) is 23.7 Å². The van der Waals surface area contributed by atoms with Crippen LogP contribution in [0.2, 0.25) is 0 Å². The first-order valence-electron chi connectivity index (χ1n) is 10.3. The van der Waals surface area contributed by atoms with Gasteiger partial charge in [0.25, 0.3) is 0 Å². The van der Waals surface area contributed by atoms with Gasteiger partial charge in [0.15, 0.2) is 0 Å². The molecular weight excluding hydrogens is 362 g/mol. The molecule has 1 saturated heterocycles. The minimum atomic E-state index is -0.0882. The Morgan fingerprint density at radius 2 is 1.34 bits per heavy atom. The molecule has 3 aromatic carbocycles. The predicted molar refractivity (Wildman–Crippen MR) is 111 cm³/mol. The molecule has 2 bridgehead atoms. The van der Waals surface area contributed by atoms with Crippen molar-refractivity contribution in [1.82, 2.24) is 0 Å². The zero-order valence-electron chi connectivity index (χ0n) is 16.0. The number of benzene rings is 3. The second kappa shape index (κ2) is 6.18.